The Morgan fingerprint density at radius 2 is 2.00 bits per heavy atom. The van der Waals surface area contributed by atoms with Gasteiger partial charge in [-0.15, -0.1) is 0 Å². The van der Waals surface area contributed by atoms with Crippen LogP contribution >= 0.6 is 0 Å². The predicted octanol–water partition coefficient (Wildman–Crippen LogP) is 1.51. The van der Waals surface area contributed by atoms with Crippen LogP contribution in [0.25, 0.3) is 0 Å². The van der Waals surface area contributed by atoms with Crippen LogP contribution < -0.4 is 0 Å². The van der Waals surface area contributed by atoms with Gasteiger partial charge in [-0.2, -0.15) is 0 Å². The Labute approximate surface area is 87.7 Å². The molecule has 8 heteroatoms. The van der Waals surface area contributed by atoms with E-state index in [-0.39, 0.29) is 6.54 Å². The Kier molecular flexibility index (Phi) is 3.70. The molecule has 3 nitrogen and oxygen atoms in total. The van der Waals surface area contributed by atoms with Gasteiger partial charge < -0.3 is 12.9 Å². The fourth-order valence-electron chi connectivity index (χ4n) is 1.90. The number of rotatable bonds is 3. The molecule has 0 aromatic heterocycles. The first-order valence-corrected chi connectivity index (χ1v) is 6.69. The minimum atomic E-state index is -4.81. The van der Waals surface area contributed by atoms with Crippen molar-refractivity contribution in [3.8, 4) is 0 Å². The van der Waals surface area contributed by atoms with E-state index < -0.39 is 29.2 Å². The molecule has 1 rings (SSSR count). The molecule has 0 amide bonds. The molecule has 1 atom stereocenters. The molecule has 1 aliphatic rings. The SMILES string of the molecule is CS(=O)(=O)N1CCCC(C[B-](F)(F)F)C1. The number of hydrogen-bond acceptors (Lipinski definition) is 2. The normalized spacial score (nSPS) is 25.5. The zero-order valence-electron chi connectivity index (χ0n) is 8.50. The Bertz CT molecular complexity index is 317. The van der Waals surface area contributed by atoms with Gasteiger partial charge in [-0.25, -0.2) is 12.7 Å². The molecule has 90 valence electrons. The molecule has 0 bridgehead atoms. The van der Waals surface area contributed by atoms with Crippen molar-refractivity contribution in [1.82, 2.24) is 4.31 Å². The van der Waals surface area contributed by atoms with Crippen molar-refractivity contribution in [2.45, 2.75) is 19.2 Å². The second-order valence-corrected chi connectivity index (χ2v) is 6.06. The van der Waals surface area contributed by atoms with Crippen LogP contribution in [0.2, 0.25) is 6.32 Å². The summed E-state index contributed by atoms with van der Waals surface area (Å²) >= 11 is 0. The van der Waals surface area contributed by atoms with E-state index in [4.69, 9.17) is 0 Å². The van der Waals surface area contributed by atoms with Gasteiger partial charge in [-0.1, -0.05) is 18.7 Å². The van der Waals surface area contributed by atoms with Crippen LogP contribution in [0, 0.1) is 5.92 Å². The van der Waals surface area contributed by atoms with E-state index in [1.807, 2.05) is 0 Å². The first kappa shape index (κ1) is 12.8. The number of sulfonamides is 1. The highest BCUT2D eigenvalue weighted by atomic mass is 32.2. The topological polar surface area (TPSA) is 37.4 Å². The molecule has 1 saturated heterocycles. The Morgan fingerprint density at radius 1 is 1.40 bits per heavy atom. The summed E-state index contributed by atoms with van der Waals surface area (Å²) in [5.74, 6) is -0.562. The summed E-state index contributed by atoms with van der Waals surface area (Å²) in [6, 6.07) is 0. The lowest BCUT2D eigenvalue weighted by Gasteiger charge is -2.33. The van der Waals surface area contributed by atoms with Crippen molar-refractivity contribution in [3.05, 3.63) is 0 Å². The molecule has 0 spiro atoms. The van der Waals surface area contributed by atoms with E-state index in [1.54, 1.807) is 0 Å². The molecule has 1 fully saturated rings. The van der Waals surface area contributed by atoms with Crippen molar-refractivity contribution in [1.29, 1.82) is 0 Å². The zero-order chi connectivity index (χ0) is 11.7. The third kappa shape index (κ3) is 4.42. The van der Waals surface area contributed by atoms with Crippen molar-refractivity contribution in [3.63, 3.8) is 0 Å². The summed E-state index contributed by atoms with van der Waals surface area (Å²) in [7, 11) is -3.34. The lowest BCUT2D eigenvalue weighted by Crippen LogP contribution is -2.40. The first-order chi connectivity index (χ1) is 6.68. The molecule has 0 aliphatic carbocycles. The minimum absolute atomic E-state index is 0.0140. The number of piperidine rings is 1. The first-order valence-electron chi connectivity index (χ1n) is 4.84. The largest absolute Gasteiger partial charge is 0.478 e. The number of hydrogen-bond donors (Lipinski definition) is 0. The molecule has 1 heterocycles. The van der Waals surface area contributed by atoms with Gasteiger partial charge in [0, 0.05) is 13.1 Å². The average molecular weight is 244 g/mol. The van der Waals surface area contributed by atoms with Crippen molar-refractivity contribution in [2.24, 2.45) is 5.92 Å². The summed E-state index contributed by atoms with van der Waals surface area (Å²) in [4.78, 5) is 0. The maximum Gasteiger partial charge on any atom is 0.478 e. The fraction of sp³-hybridized carbons (Fsp3) is 1.00. The van der Waals surface area contributed by atoms with Crippen LogP contribution in [0.4, 0.5) is 12.9 Å². The predicted molar refractivity (Wildman–Crippen MR) is 53.0 cm³/mol. The lowest BCUT2D eigenvalue weighted by atomic mass is 9.75. The van der Waals surface area contributed by atoms with E-state index in [2.05, 4.69) is 0 Å². The summed E-state index contributed by atoms with van der Waals surface area (Å²) in [5.41, 5.74) is 0. The molecule has 0 aromatic carbocycles. The summed E-state index contributed by atoms with van der Waals surface area (Å²) < 4.78 is 59.9. The van der Waals surface area contributed by atoms with Gasteiger partial charge in [0.15, 0.2) is 0 Å². The van der Waals surface area contributed by atoms with Crippen molar-refractivity contribution in [2.75, 3.05) is 19.3 Å². The van der Waals surface area contributed by atoms with Crippen molar-refractivity contribution < 1.29 is 21.4 Å². The maximum absolute atomic E-state index is 12.2. The Morgan fingerprint density at radius 3 is 2.47 bits per heavy atom. The van der Waals surface area contributed by atoms with Gasteiger partial charge in [0.25, 0.3) is 0 Å². The highest BCUT2D eigenvalue weighted by Gasteiger charge is 2.32. The smallest absolute Gasteiger partial charge is 0.449 e. The molecule has 0 aromatic rings. The highest BCUT2D eigenvalue weighted by Crippen LogP contribution is 2.28. The molecule has 0 radical (unpaired) electrons. The molecule has 1 aliphatic heterocycles. The van der Waals surface area contributed by atoms with Crippen molar-refractivity contribution >= 4 is 17.0 Å². The third-order valence-corrected chi connectivity index (χ3v) is 3.82. The van der Waals surface area contributed by atoms with Gasteiger partial charge in [0.1, 0.15) is 0 Å². The molecular weight excluding hydrogens is 230 g/mol. The third-order valence-electron chi connectivity index (χ3n) is 2.55. The van der Waals surface area contributed by atoms with Gasteiger partial charge >= 0.3 is 6.98 Å². The zero-order valence-corrected chi connectivity index (χ0v) is 9.31. The van der Waals surface area contributed by atoms with E-state index in [0.29, 0.717) is 19.4 Å². The molecular formula is C7H14BF3NO2S-. The van der Waals surface area contributed by atoms with Crippen LogP contribution in [0.15, 0.2) is 0 Å². The summed E-state index contributed by atoms with van der Waals surface area (Å²) in [6.45, 7) is -4.45. The second-order valence-electron chi connectivity index (χ2n) is 4.08. The van der Waals surface area contributed by atoms with Gasteiger partial charge in [-0.05, 0) is 6.42 Å². The quantitative estimate of drug-likeness (QED) is 0.705. The minimum Gasteiger partial charge on any atom is -0.449 e. The van der Waals surface area contributed by atoms with Crippen LogP contribution in [0.5, 0.6) is 0 Å². The van der Waals surface area contributed by atoms with Gasteiger partial charge in [0.05, 0.1) is 6.26 Å². The summed E-state index contributed by atoms with van der Waals surface area (Å²) in [5, 5.41) is 0. The second kappa shape index (κ2) is 4.33. The lowest BCUT2D eigenvalue weighted by molar-refractivity contribution is 0.269. The highest BCUT2D eigenvalue weighted by molar-refractivity contribution is 7.88. The standard InChI is InChI=1S/C7H14BF3NO2S/c1-15(13,14)12-4-2-3-7(6-12)5-8(9,10)11/h7H,2-6H2,1H3/q-1. The summed E-state index contributed by atoms with van der Waals surface area (Å²) in [6.07, 6.45) is 1.19. The van der Waals surface area contributed by atoms with E-state index >= 15 is 0 Å². The maximum atomic E-state index is 12.2. The van der Waals surface area contributed by atoms with Crippen LogP contribution in [0.1, 0.15) is 12.8 Å². The van der Waals surface area contributed by atoms with E-state index in [9.17, 15) is 21.4 Å². The van der Waals surface area contributed by atoms with E-state index in [0.717, 1.165) is 10.6 Å². The molecule has 1 unspecified atom stereocenters. The molecule has 15 heavy (non-hydrogen) atoms. The van der Waals surface area contributed by atoms with E-state index in [1.165, 1.54) is 0 Å². The molecule has 0 saturated carbocycles. The van der Waals surface area contributed by atoms with Gasteiger partial charge in [-0.3, -0.25) is 0 Å². The Balaban J connectivity index is 2.57. The number of halogens is 3. The molecule has 0 N–H and O–H groups in total. The van der Waals surface area contributed by atoms with Crippen LogP contribution in [0.3, 0.4) is 0 Å². The van der Waals surface area contributed by atoms with Crippen LogP contribution in [-0.2, 0) is 10.0 Å². The average Bonchev–Trinajstić information content (AvgIpc) is 1.99. The van der Waals surface area contributed by atoms with Gasteiger partial charge in [0.2, 0.25) is 10.0 Å². The number of nitrogens with zero attached hydrogens (tertiary/aromatic N) is 1. The van der Waals surface area contributed by atoms with Crippen LogP contribution in [-0.4, -0.2) is 39.0 Å². The fourth-order valence-corrected chi connectivity index (χ4v) is 2.84. The monoisotopic (exact) mass is 244 g/mol. The Hall–Kier alpha value is -0.235.